The fourth-order valence-corrected chi connectivity index (χ4v) is 4.58. The van der Waals surface area contributed by atoms with Gasteiger partial charge in [-0.2, -0.15) is 0 Å². The van der Waals surface area contributed by atoms with Gasteiger partial charge in [-0.25, -0.2) is 9.97 Å². The zero-order valence-electron chi connectivity index (χ0n) is 14.0. The zero-order chi connectivity index (χ0) is 16.8. The van der Waals surface area contributed by atoms with Gasteiger partial charge in [-0.3, -0.25) is 4.79 Å². The number of aryl methyl sites for hydroxylation is 3. The minimum Gasteiger partial charge on any atom is -0.469 e. The number of hydrogen-bond acceptors (Lipinski definition) is 5. The van der Waals surface area contributed by atoms with E-state index in [-0.39, 0.29) is 12.4 Å². The molecule has 0 amide bonds. The summed E-state index contributed by atoms with van der Waals surface area (Å²) in [4.78, 5) is 23.5. The molecule has 0 saturated carbocycles. The van der Waals surface area contributed by atoms with Crippen LogP contribution in [0.2, 0.25) is 0 Å². The number of fused-ring (bicyclic) bond motifs is 3. The monoisotopic (exact) mass is 341 g/mol. The highest BCUT2D eigenvalue weighted by Gasteiger charge is 2.22. The molecular weight excluding hydrogens is 322 g/mol. The van der Waals surface area contributed by atoms with Crippen LogP contribution >= 0.6 is 11.3 Å². The first-order chi connectivity index (χ1) is 11.6. The van der Waals surface area contributed by atoms with E-state index in [0.717, 1.165) is 40.0 Å². The van der Waals surface area contributed by atoms with Crippen molar-refractivity contribution in [3.8, 4) is 5.88 Å². The van der Waals surface area contributed by atoms with E-state index in [4.69, 9.17) is 4.74 Å². The van der Waals surface area contributed by atoms with E-state index in [1.807, 2.05) is 31.5 Å². The van der Waals surface area contributed by atoms with E-state index in [1.54, 1.807) is 11.3 Å². The maximum atomic E-state index is 12.5. The highest BCUT2D eigenvalue weighted by molar-refractivity contribution is 7.18. The molecule has 6 heteroatoms. The van der Waals surface area contributed by atoms with Crippen LogP contribution < -0.4 is 4.74 Å². The average molecular weight is 341 g/mol. The van der Waals surface area contributed by atoms with Crippen LogP contribution in [0.25, 0.3) is 10.2 Å². The molecule has 0 bridgehead atoms. The van der Waals surface area contributed by atoms with Crippen molar-refractivity contribution in [3.63, 3.8) is 0 Å². The fourth-order valence-electron chi connectivity index (χ4n) is 3.36. The highest BCUT2D eigenvalue weighted by Crippen LogP contribution is 2.39. The van der Waals surface area contributed by atoms with Gasteiger partial charge in [0, 0.05) is 28.9 Å². The molecule has 5 nitrogen and oxygen atoms in total. The maximum absolute atomic E-state index is 12.5. The molecule has 0 atom stereocenters. The molecule has 0 unspecified atom stereocenters. The summed E-state index contributed by atoms with van der Waals surface area (Å²) in [6, 6.07) is 1.92. The van der Waals surface area contributed by atoms with Gasteiger partial charge in [0.05, 0.1) is 5.39 Å². The molecular formula is C18H19N3O2S. The average Bonchev–Trinajstić information content (AvgIpc) is 3.22. The molecule has 0 saturated heterocycles. The number of carbonyl (C=O) groups excluding carboxylic acids is 1. The molecule has 3 aromatic heterocycles. The maximum Gasteiger partial charge on any atom is 0.226 e. The van der Waals surface area contributed by atoms with E-state index < -0.39 is 0 Å². The number of thiophene rings is 1. The molecule has 1 aliphatic rings. The standard InChI is InChI=1S/C18H19N3O2S/c1-10-7-13(11(2)21(10)3)14(22)8-23-17-16-12-5-4-6-15(12)24-18(16)20-9-19-17/h7,9H,4-6,8H2,1-3H3. The number of ether oxygens (including phenoxy) is 1. The van der Waals surface area contributed by atoms with Gasteiger partial charge >= 0.3 is 0 Å². The van der Waals surface area contributed by atoms with Crippen LogP contribution in [0, 0.1) is 13.8 Å². The second-order valence-electron chi connectivity index (χ2n) is 6.27. The van der Waals surface area contributed by atoms with Gasteiger partial charge in [-0.1, -0.05) is 0 Å². The first-order valence-corrected chi connectivity index (χ1v) is 8.92. The first-order valence-electron chi connectivity index (χ1n) is 8.10. The molecule has 4 rings (SSSR count). The molecule has 0 radical (unpaired) electrons. The Morgan fingerprint density at radius 2 is 2.17 bits per heavy atom. The molecule has 0 N–H and O–H groups in total. The molecule has 3 heterocycles. The van der Waals surface area contributed by atoms with Crippen LogP contribution in [0.3, 0.4) is 0 Å². The zero-order valence-corrected chi connectivity index (χ0v) is 14.9. The molecule has 0 spiro atoms. The molecule has 1 aliphatic carbocycles. The van der Waals surface area contributed by atoms with Crippen molar-refractivity contribution in [2.75, 3.05) is 6.61 Å². The summed E-state index contributed by atoms with van der Waals surface area (Å²) >= 11 is 1.72. The third-order valence-corrected chi connectivity index (χ3v) is 6.08. The second-order valence-corrected chi connectivity index (χ2v) is 7.36. The van der Waals surface area contributed by atoms with E-state index in [9.17, 15) is 4.79 Å². The van der Waals surface area contributed by atoms with Gasteiger partial charge in [-0.15, -0.1) is 11.3 Å². The van der Waals surface area contributed by atoms with Crippen molar-refractivity contribution in [1.82, 2.24) is 14.5 Å². The number of aromatic nitrogens is 3. The van der Waals surface area contributed by atoms with Gasteiger partial charge in [0.25, 0.3) is 0 Å². The van der Waals surface area contributed by atoms with Gasteiger partial charge in [-0.05, 0) is 44.7 Å². The highest BCUT2D eigenvalue weighted by atomic mass is 32.1. The molecule has 24 heavy (non-hydrogen) atoms. The minimum absolute atomic E-state index is 0.00102. The lowest BCUT2D eigenvalue weighted by atomic mass is 10.1. The van der Waals surface area contributed by atoms with Crippen LogP contribution in [0.5, 0.6) is 5.88 Å². The van der Waals surface area contributed by atoms with Crippen molar-refractivity contribution < 1.29 is 9.53 Å². The first kappa shape index (κ1) is 15.3. The smallest absolute Gasteiger partial charge is 0.226 e. The third kappa shape index (κ3) is 2.33. The summed E-state index contributed by atoms with van der Waals surface area (Å²) in [6.07, 6.45) is 4.85. The van der Waals surface area contributed by atoms with Crippen LogP contribution in [0.4, 0.5) is 0 Å². The fraction of sp³-hybridized carbons (Fsp3) is 0.389. The lowest BCUT2D eigenvalue weighted by molar-refractivity contribution is 0.0918. The lowest BCUT2D eigenvalue weighted by Gasteiger charge is -2.07. The van der Waals surface area contributed by atoms with Crippen LogP contribution in [0.15, 0.2) is 12.4 Å². The van der Waals surface area contributed by atoms with Gasteiger partial charge in [0.2, 0.25) is 11.7 Å². The van der Waals surface area contributed by atoms with Crippen molar-refractivity contribution in [3.05, 3.63) is 39.8 Å². The van der Waals surface area contributed by atoms with Crippen molar-refractivity contribution in [1.29, 1.82) is 0 Å². The largest absolute Gasteiger partial charge is 0.469 e. The van der Waals surface area contributed by atoms with E-state index in [2.05, 4.69) is 9.97 Å². The van der Waals surface area contributed by atoms with Crippen LogP contribution in [-0.4, -0.2) is 26.9 Å². The number of nitrogens with zero attached hydrogens (tertiary/aromatic N) is 3. The predicted molar refractivity (Wildman–Crippen MR) is 94.2 cm³/mol. The molecule has 0 fully saturated rings. The molecule has 0 aromatic carbocycles. The summed E-state index contributed by atoms with van der Waals surface area (Å²) in [6.45, 7) is 3.95. The number of carbonyl (C=O) groups is 1. The number of hydrogen-bond donors (Lipinski definition) is 0. The number of Topliss-reactive ketones (excluding diaryl/α,β-unsaturated/α-hetero) is 1. The van der Waals surface area contributed by atoms with Gasteiger partial charge in [0.1, 0.15) is 11.2 Å². The number of rotatable bonds is 4. The van der Waals surface area contributed by atoms with E-state index in [1.165, 1.54) is 23.2 Å². The summed E-state index contributed by atoms with van der Waals surface area (Å²) < 4.78 is 7.84. The predicted octanol–water partition coefficient (Wildman–Crippen LogP) is 3.40. The van der Waals surface area contributed by atoms with Crippen molar-refractivity contribution >= 4 is 27.3 Å². The summed E-state index contributed by atoms with van der Waals surface area (Å²) in [7, 11) is 1.96. The van der Waals surface area contributed by atoms with Crippen molar-refractivity contribution in [2.24, 2.45) is 7.05 Å². The SMILES string of the molecule is Cc1cc(C(=O)COc2ncnc3sc4c(c23)CCC4)c(C)n1C. The number of ketones is 1. The Kier molecular flexibility index (Phi) is 3.64. The third-order valence-electron chi connectivity index (χ3n) is 4.88. The summed E-state index contributed by atoms with van der Waals surface area (Å²) in [5.41, 5.74) is 4.06. The Bertz CT molecular complexity index is 955. The quantitative estimate of drug-likeness (QED) is 0.683. The lowest BCUT2D eigenvalue weighted by Crippen LogP contribution is -2.13. The minimum atomic E-state index is -0.0187. The van der Waals surface area contributed by atoms with E-state index in [0.29, 0.717) is 5.88 Å². The Morgan fingerprint density at radius 3 is 2.92 bits per heavy atom. The Labute approximate surface area is 144 Å². The van der Waals surface area contributed by atoms with Crippen LogP contribution in [-0.2, 0) is 19.9 Å². The summed E-state index contributed by atoms with van der Waals surface area (Å²) in [5.74, 6) is 0.521. The summed E-state index contributed by atoms with van der Waals surface area (Å²) in [5, 5.41) is 1.00. The normalized spacial score (nSPS) is 13.5. The topological polar surface area (TPSA) is 57.0 Å². The Balaban J connectivity index is 1.61. The van der Waals surface area contributed by atoms with Gasteiger partial charge < -0.3 is 9.30 Å². The van der Waals surface area contributed by atoms with Gasteiger partial charge in [0.15, 0.2) is 6.61 Å². The Hall–Kier alpha value is -2.21. The van der Waals surface area contributed by atoms with Crippen LogP contribution in [0.1, 0.15) is 38.6 Å². The van der Waals surface area contributed by atoms with Crippen molar-refractivity contribution in [2.45, 2.75) is 33.1 Å². The molecule has 3 aromatic rings. The molecule has 0 aliphatic heterocycles. The van der Waals surface area contributed by atoms with E-state index >= 15 is 0 Å². The molecule has 124 valence electrons. The Morgan fingerprint density at radius 1 is 1.33 bits per heavy atom. The second kappa shape index (κ2) is 5.70.